The van der Waals surface area contributed by atoms with Crippen LogP contribution in [0.1, 0.15) is 5.56 Å². The third-order valence-corrected chi connectivity index (χ3v) is 2.53. The number of nitrogens with zero attached hydrogens (tertiary/aromatic N) is 2. The molecule has 5 heteroatoms. The zero-order valence-electron chi connectivity index (χ0n) is 9.50. The van der Waals surface area contributed by atoms with Crippen LogP contribution in [-0.4, -0.2) is 36.5 Å². The van der Waals surface area contributed by atoms with Gasteiger partial charge in [0.25, 0.3) is 0 Å². The number of hydrogen-bond donors (Lipinski definition) is 1. The second-order valence-electron chi connectivity index (χ2n) is 3.81. The molecule has 0 spiro atoms. The van der Waals surface area contributed by atoms with E-state index in [1.54, 1.807) is 4.90 Å². The van der Waals surface area contributed by atoms with E-state index in [0.717, 1.165) is 5.56 Å². The first-order chi connectivity index (χ1) is 8.25. The summed E-state index contributed by atoms with van der Waals surface area (Å²) in [4.78, 5) is 17.3. The van der Waals surface area contributed by atoms with Crippen LogP contribution in [0.2, 0.25) is 0 Å². The lowest BCUT2D eigenvalue weighted by Crippen LogP contribution is -2.38. The maximum absolute atomic E-state index is 11.5. The molecule has 1 aliphatic heterocycles. The summed E-state index contributed by atoms with van der Waals surface area (Å²) in [7, 11) is 0. The Morgan fingerprint density at radius 1 is 1.41 bits per heavy atom. The van der Waals surface area contributed by atoms with Crippen molar-refractivity contribution in [2.75, 3.05) is 19.6 Å². The Labute approximate surface area is 99.9 Å². The molecule has 0 fully saturated rings. The lowest BCUT2D eigenvalue weighted by molar-refractivity contribution is -0.145. The third kappa shape index (κ3) is 3.21. The molecule has 0 bridgehead atoms. The minimum absolute atomic E-state index is 0.169. The maximum Gasteiger partial charge on any atom is 0.325 e. The summed E-state index contributed by atoms with van der Waals surface area (Å²) in [5.41, 5.74) is 6.58. The number of carbonyl (C=O) groups excluding carboxylic acids is 1. The van der Waals surface area contributed by atoms with Gasteiger partial charge >= 0.3 is 5.97 Å². The van der Waals surface area contributed by atoms with Gasteiger partial charge in [0.15, 0.2) is 5.96 Å². The molecule has 0 radical (unpaired) electrons. The van der Waals surface area contributed by atoms with Gasteiger partial charge in [0.05, 0.1) is 6.54 Å². The zero-order chi connectivity index (χ0) is 12.1. The predicted molar refractivity (Wildman–Crippen MR) is 64.3 cm³/mol. The number of guanidine groups is 1. The minimum atomic E-state index is -0.283. The molecule has 0 saturated heterocycles. The molecule has 0 unspecified atom stereocenters. The molecule has 0 aliphatic carbocycles. The van der Waals surface area contributed by atoms with Crippen molar-refractivity contribution in [3.05, 3.63) is 35.9 Å². The van der Waals surface area contributed by atoms with E-state index >= 15 is 0 Å². The first kappa shape index (κ1) is 11.4. The van der Waals surface area contributed by atoms with Crippen molar-refractivity contribution in [1.82, 2.24) is 4.90 Å². The fourth-order valence-electron chi connectivity index (χ4n) is 1.60. The molecule has 2 N–H and O–H groups in total. The van der Waals surface area contributed by atoms with Crippen molar-refractivity contribution in [2.45, 2.75) is 6.61 Å². The van der Waals surface area contributed by atoms with Crippen molar-refractivity contribution < 1.29 is 9.53 Å². The largest absolute Gasteiger partial charge is 0.459 e. The van der Waals surface area contributed by atoms with Gasteiger partial charge in [-0.05, 0) is 5.56 Å². The van der Waals surface area contributed by atoms with Crippen LogP contribution in [0.5, 0.6) is 0 Å². The van der Waals surface area contributed by atoms with Gasteiger partial charge in [0.1, 0.15) is 13.2 Å². The highest BCUT2D eigenvalue weighted by atomic mass is 16.5. The Morgan fingerprint density at radius 2 is 2.18 bits per heavy atom. The number of carbonyl (C=O) groups is 1. The van der Waals surface area contributed by atoms with E-state index in [0.29, 0.717) is 25.7 Å². The van der Waals surface area contributed by atoms with E-state index < -0.39 is 0 Å². The average Bonchev–Trinajstić information content (AvgIpc) is 2.74. The fourth-order valence-corrected chi connectivity index (χ4v) is 1.60. The summed E-state index contributed by atoms with van der Waals surface area (Å²) in [6.07, 6.45) is 0. The monoisotopic (exact) mass is 233 g/mol. The quantitative estimate of drug-likeness (QED) is 0.762. The number of esters is 1. The molecule has 1 aliphatic rings. The highest BCUT2D eigenvalue weighted by Crippen LogP contribution is 2.02. The Morgan fingerprint density at radius 3 is 2.82 bits per heavy atom. The number of aliphatic imine (C=N–C) groups is 1. The number of hydrogen-bond acceptors (Lipinski definition) is 5. The lowest BCUT2D eigenvalue weighted by Gasteiger charge is -2.15. The van der Waals surface area contributed by atoms with Gasteiger partial charge in [-0.2, -0.15) is 0 Å². The Hall–Kier alpha value is -2.04. The highest BCUT2D eigenvalue weighted by molar-refractivity contribution is 5.84. The number of ether oxygens (including phenoxy) is 1. The average molecular weight is 233 g/mol. The molecule has 0 amide bonds. The Kier molecular flexibility index (Phi) is 3.59. The van der Waals surface area contributed by atoms with E-state index in [1.807, 2.05) is 30.3 Å². The summed E-state index contributed by atoms with van der Waals surface area (Å²) in [5.74, 6) is 0.135. The van der Waals surface area contributed by atoms with E-state index in [9.17, 15) is 4.79 Å². The van der Waals surface area contributed by atoms with Crippen molar-refractivity contribution in [2.24, 2.45) is 10.7 Å². The van der Waals surface area contributed by atoms with Gasteiger partial charge in [-0.3, -0.25) is 9.79 Å². The van der Waals surface area contributed by atoms with E-state index in [1.165, 1.54) is 0 Å². The second kappa shape index (κ2) is 5.34. The van der Waals surface area contributed by atoms with E-state index in [4.69, 9.17) is 10.5 Å². The molecular weight excluding hydrogens is 218 g/mol. The molecule has 0 atom stereocenters. The second-order valence-corrected chi connectivity index (χ2v) is 3.81. The van der Waals surface area contributed by atoms with Gasteiger partial charge in [-0.15, -0.1) is 0 Å². The summed E-state index contributed by atoms with van der Waals surface area (Å²) < 4.78 is 5.15. The Bertz CT molecular complexity index is 417. The van der Waals surface area contributed by atoms with Crippen LogP contribution in [0.4, 0.5) is 0 Å². The molecule has 90 valence electrons. The molecule has 17 heavy (non-hydrogen) atoms. The number of rotatable bonds is 4. The molecule has 0 aromatic heterocycles. The van der Waals surface area contributed by atoms with Gasteiger partial charge in [0, 0.05) is 6.54 Å². The van der Waals surface area contributed by atoms with Crippen LogP contribution < -0.4 is 5.73 Å². The molecular formula is C12H15N3O2. The lowest BCUT2D eigenvalue weighted by atomic mass is 10.2. The van der Waals surface area contributed by atoms with Crippen LogP contribution in [0.3, 0.4) is 0 Å². The fraction of sp³-hybridized carbons (Fsp3) is 0.333. The third-order valence-electron chi connectivity index (χ3n) is 2.53. The molecule has 2 rings (SSSR count). The van der Waals surface area contributed by atoms with E-state index in [-0.39, 0.29) is 12.5 Å². The maximum atomic E-state index is 11.5. The number of nitrogens with two attached hydrogens (primary N) is 1. The molecule has 0 saturated carbocycles. The molecule has 1 aromatic carbocycles. The van der Waals surface area contributed by atoms with Gasteiger partial charge in [0.2, 0.25) is 0 Å². The summed E-state index contributed by atoms with van der Waals surface area (Å²) in [6.45, 7) is 1.80. The van der Waals surface area contributed by atoms with Crippen LogP contribution in [-0.2, 0) is 16.1 Å². The van der Waals surface area contributed by atoms with Crippen molar-refractivity contribution in [3.63, 3.8) is 0 Å². The van der Waals surface area contributed by atoms with Crippen molar-refractivity contribution in [3.8, 4) is 0 Å². The minimum Gasteiger partial charge on any atom is -0.459 e. The first-order valence-electron chi connectivity index (χ1n) is 5.50. The Balaban J connectivity index is 1.77. The topological polar surface area (TPSA) is 67.9 Å². The highest BCUT2D eigenvalue weighted by Gasteiger charge is 2.17. The van der Waals surface area contributed by atoms with Gasteiger partial charge in [-0.1, -0.05) is 30.3 Å². The normalized spacial score (nSPS) is 14.6. The van der Waals surface area contributed by atoms with Crippen LogP contribution in [0, 0.1) is 0 Å². The summed E-state index contributed by atoms with van der Waals surface area (Å²) in [5, 5.41) is 0. The van der Waals surface area contributed by atoms with Crippen molar-refractivity contribution >= 4 is 11.9 Å². The molecule has 5 nitrogen and oxygen atoms in total. The SMILES string of the molecule is NC1=NCCN1CC(=O)OCc1ccccc1. The van der Waals surface area contributed by atoms with E-state index in [2.05, 4.69) is 4.99 Å². The van der Waals surface area contributed by atoms with Crippen LogP contribution in [0.25, 0.3) is 0 Å². The molecule has 1 aromatic rings. The first-order valence-corrected chi connectivity index (χ1v) is 5.50. The predicted octanol–water partition coefficient (Wildman–Crippen LogP) is 0.360. The number of benzene rings is 1. The zero-order valence-corrected chi connectivity index (χ0v) is 9.50. The van der Waals surface area contributed by atoms with Gasteiger partial charge in [-0.25, -0.2) is 0 Å². The van der Waals surface area contributed by atoms with Crippen molar-refractivity contribution in [1.29, 1.82) is 0 Å². The molecule has 1 heterocycles. The smallest absolute Gasteiger partial charge is 0.325 e. The van der Waals surface area contributed by atoms with Crippen LogP contribution >= 0.6 is 0 Å². The summed E-state index contributed by atoms with van der Waals surface area (Å²) in [6, 6.07) is 9.58. The summed E-state index contributed by atoms with van der Waals surface area (Å²) >= 11 is 0. The van der Waals surface area contributed by atoms with Gasteiger partial charge < -0.3 is 15.4 Å². The van der Waals surface area contributed by atoms with Crippen LogP contribution in [0.15, 0.2) is 35.3 Å². The standard InChI is InChI=1S/C12H15N3O2/c13-12-14-6-7-15(12)8-11(16)17-9-10-4-2-1-3-5-10/h1-5H,6-9H2,(H2,13,14).